The third-order valence-corrected chi connectivity index (χ3v) is 10.8. The van der Waals surface area contributed by atoms with Crippen LogP contribution in [0.3, 0.4) is 0 Å². The first-order chi connectivity index (χ1) is 30.2. The van der Waals surface area contributed by atoms with Crippen LogP contribution in [-0.2, 0) is 9.47 Å². The summed E-state index contributed by atoms with van der Waals surface area (Å²) >= 11 is 5.90. The summed E-state index contributed by atoms with van der Waals surface area (Å²) in [6, 6.07) is 4.14. The van der Waals surface area contributed by atoms with Crippen LogP contribution in [0.2, 0.25) is 0 Å². The van der Waals surface area contributed by atoms with E-state index in [1.165, 1.54) is 6.26 Å². The molecule has 0 spiro atoms. The number of amides is 1. The number of hydrogen-bond donors (Lipinski definition) is 3. The first-order valence-electron chi connectivity index (χ1n) is 19.8. The number of aromatic nitrogens is 8. The largest absolute Gasteiger partial charge is 0.476 e. The summed E-state index contributed by atoms with van der Waals surface area (Å²) in [5.41, 5.74) is 6.17. The highest BCUT2D eigenvalue weighted by Gasteiger charge is 2.28. The monoisotopic (exact) mass is 1040 g/mol. The number of nitrogens with zero attached hydrogens (tertiary/aromatic N) is 8. The quantitative estimate of drug-likeness (QED) is 0.0812. The molecule has 0 radical (unpaired) electrons. The van der Waals surface area contributed by atoms with Crippen molar-refractivity contribution in [1.29, 1.82) is 0 Å². The number of ether oxygens (including phenoxy) is 2. The average molecular weight is 1050 g/mol. The molecule has 6 aromatic rings. The molecule has 64 heavy (non-hydrogen) atoms. The van der Waals surface area contributed by atoms with E-state index in [0.29, 0.717) is 18.4 Å². The third kappa shape index (κ3) is 12.9. The molecule has 4 N–H and O–H groups in total. The second kappa shape index (κ2) is 23.1. The van der Waals surface area contributed by atoms with E-state index >= 15 is 0 Å². The SMILES string of the molecule is CCOC1CCC(n2cc(N)c(-c3nc(F)ccc3F)n2)CC1.CCOC1CCC(n2cc(NC(=O)c3coc(Br)n3)c(-c3nc(F)ccc3F)n2)CC1.Cl.O=C(O)c1coc(Br)n1. The number of carbonyl (C=O) groups is 2. The van der Waals surface area contributed by atoms with Crippen molar-refractivity contribution in [2.45, 2.75) is 89.5 Å². The van der Waals surface area contributed by atoms with Crippen LogP contribution in [0.4, 0.5) is 28.9 Å². The summed E-state index contributed by atoms with van der Waals surface area (Å²) in [6.45, 7) is 5.35. The predicted octanol–water partition coefficient (Wildman–Crippen LogP) is 9.63. The molecule has 6 heterocycles. The highest BCUT2D eigenvalue weighted by Crippen LogP contribution is 2.35. The maximum atomic E-state index is 14.4. The standard InChI is InChI=1S/C20H20BrF2N5O3.C16H20F2N4O.C4H2BrNO3.ClH/c1-2-30-12-5-3-11(4-6-12)28-9-14(24-19(29)15-10-31-20(21)25-15)18(27-28)17-13(22)7-8-16(23)26-17;1-2-23-11-5-3-10(4-6-11)22-9-13(19)16(21-22)15-12(17)7-8-14(18)20-15;5-4-6-2(1-9-4)3(7)8;/h7-12H,2-6H2,1H3,(H,24,29);7-11H,2-6,19H2,1H3;1H,(H,7,8);1H. The van der Waals surface area contributed by atoms with Crippen molar-refractivity contribution in [2.75, 3.05) is 24.3 Å². The van der Waals surface area contributed by atoms with Gasteiger partial charge in [-0.2, -0.15) is 28.9 Å². The Kier molecular flexibility index (Phi) is 18.0. The number of carbonyl (C=O) groups excluding carboxylic acids is 1. The van der Waals surface area contributed by atoms with Gasteiger partial charge in [0.1, 0.15) is 35.3 Å². The Morgan fingerprint density at radius 3 is 1.61 bits per heavy atom. The van der Waals surface area contributed by atoms with Gasteiger partial charge in [0.15, 0.2) is 23.0 Å². The molecule has 2 aliphatic rings. The van der Waals surface area contributed by atoms with E-state index in [-0.39, 0.29) is 80.0 Å². The Hall–Kier alpha value is -5.23. The van der Waals surface area contributed by atoms with Crippen LogP contribution in [0.1, 0.15) is 98.3 Å². The minimum Gasteiger partial charge on any atom is -0.476 e. The fraction of sp³-hybridized carbons (Fsp3) is 0.400. The second-order valence-corrected chi connectivity index (χ2v) is 15.6. The number of nitrogen functional groups attached to an aromatic ring is 1. The van der Waals surface area contributed by atoms with Gasteiger partial charge in [-0.3, -0.25) is 14.2 Å². The van der Waals surface area contributed by atoms with Gasteiger partial charge in [-0.25, -0.2) is 23.5 Å². The van der Waals surface area contributed by atoms with Crippen molar-refractivity contribution >= 4 is 67.5 Å². The number of aromatic carboxylic acids is 1. The van der Waals surface area contributed by atoms with E-state index in [4.69, 9.17) is 24.7 Å². The zero-order chi connectivity index (χ0) is 45.2. The number of oxazole rings is 2. The number of carboxylic acids is 1. The van der Waals surface area contributed by atoms with E-state index in [1.54, 1.807) is 21.8 Å². The minimum absolute atomic E-state index is 0. The summed E-state index contributed by atoms with van der Waals surface area (Å²) in [5, 5.41) is 19.7. The van der Waals surface area contributed by atoms with Crippen LogP contribution in [-0.4, -0.2) is 81.9 Å². The van der Waals surface area contributed by atoms with Crippen molar-refractivity contribution in [1.82, 2.24) is 39.5 Å². The van der Waals surface area contributed by atoms with Gasteiger partial charge in [0, 0.05) is 57.5 Å². The van der Waals surface area contributed by atoms with E-state index in [1.807, 2.05) is 13.8 Å². The molecule has 0 bridgehead atoms. The van der Waals surface area contributed by atoms with Crippen LogP contribution in [0.5, 0.6) is 0 Å². The summed E-state index contributed by atoms with van der Waals surface area (Å²) < 4.78 is 79.6. The summed E-state index contributed by atoms with van der Waals surface area (Å²) in [4.78, 5) is 37.6. The van der Waals surface area contributed by atoms with Gasteiger partial charge in [0.2, 0.25) is 11.9 Å². The molecule has 8 rings (SSSR count). The second-order valence-electron chi connectivity index (χ2n) is 14.2. The number of anilines is 2. The van der Waals surface area contributed by atoms with Gasteiger partial charge in [-0.15, -0.1) is 12.4 Å². The van der Waals surface area contributed by atoms with Gasteiger partial charge in [0.05, 0.1) is 35.7 Å². The lowest BCUT2D eigenvalue weighted by Crippen LogP contribution is -2.24. The molecular weight excluding hydrogens is 1000 g/mol. The molecule has 0 saturated heterocycles. The molecule has 2 fully saturated rings. The Labute approximate surface area is 386 Å². The Morgan fingerprint density at radius 1 is 0.719 bits per heavy atom. The molecule has 2 saturated carbocycles. The van der Waals surface area contributed by atoms with Gasteiger partial charge in [-0.1, -0.05) is 0 Å². The molecule has 0 aliphatic heterocycles. The zero-order valence-corrected chi connectivity index (χ0v) is 38.2. The molecule has 2 aliphatic carbocycles. The molecule has 344 valence electrons. The van der Waals surface area contributed by atoms with E-state index in [9.17, 15) is 27.2 Å². The minimum atomic E-state index is -1.09. The summed E-state index contributed by atoms with van der Waals surface area (Å²) in [6.07, 6.45) is 13.2. The smallest absolute Gasteiger partial charge is 0.357 e. The van der Waals surface area contributed by atoms with Crippen LogP contribution in [0, 0.1) is 23.5 Å². The molecule has 0 aromatic carbocycles. The lowest BCUT2D eigenvalue weighted by Gasteiger charge is -2.28. The Balaban J connectivity index is 0.000000204. The first-order valence-corrected chi connectivity index (χ1v) is 21.4. The van der Waals surface area contributed by atoms with Gasteiger partial charge < -0.3 is 34.5 Å². The molecular formula is C40H43Br2ClF4N10O7. The number of nitrogens with one attached hydrogen (secondary N) is 1. The lowest BCUT2D eigenvalue weighted by atomic mass is 9.93. The van der Waals surface area contributed by atoms with Crippen molar-refractivity contribution in [2.24, 2.45) is 0 Å². The highest BCUT2D eigenvalue weighted by atomic mass is 79.9. The number of hydrogen-bond acceptors (Lipinski definition) is 13. The fourth-order valence-corrected chi connectivity index (χ4v) is 7.68. The summed E-state index contributed by atoms with van der Waals surface area (Å²) in [5.74, 6) is -4.65. The van der Waals surface area contributed by atoms with Crippen molar-refractivity contribution in [3.8, 4) is 22.8 Å². The van der Waals surface area contributed by atoms with Crippen LogP contribution in [0.25, 0.3) is 22.8 Å². The lowest BCUT2D eigenvalue weighted by molar-refractivity contribution is 0.0258. The molecule has 0 atom stereocenters. The highest BCUT2D eigenvalue weighted by molar-refractivity contribution is 9.10. The fourth-order valence-electron chi connectivity index (χ4n) is 7.11. The normalized spacial score (nSPS) is 18.2. The topological polar surface area (TPSA) is 224 Å². The molecule has 24 heteroatoms. The van der Waals surface area contributed by atoms with E-state index < -0.39 is 35.4 Å². The molecule has 17 nitrogen and oxygen atoms in total. The zero-order valence-electron chi connectivity index (χ0n) is 34.2. The van der Waals surface area contributed by atoms with Gasteiger partial charge in [0.25, 0.3) is 15.5 Å². The van der Waals surface area contributed by atoms with Crippen LogP contribution < -0.4 is 11.1 Å². The number of rotatable bonds is 11. The average Bonchev–Trinajstić information content (AvgIpc) is 4.09. The van der Waals surface area contributed by atoms with E-state index in [2.05, 4.69) is 71.7 Å². The molecule has 6 aromatic heterocycles. The van der Waals surface area contributed by atoms with Crippen LogP contribution >= 0.6 is 44.3 Å². The number of carboxylic acid groups (broad SMARTS) is 1. The first kappa shape index (κ1) is 49.8. The van der Waals surface area contributed by atoms with E-state index in [0.717, 1.165) is 88.5 Å². The maximum absolute atomic E-state index is 14.4. The van der Waals surface area contributed by atoms with Crippen molar-refractivity contribution in [3.63, 3.8) is 0 Å². The Bertz CT molecular complexity index is 2490. The van der Waals surface area contributed by atoms with Gasteiger partial charge >= 0.3 is 5.97 Å². The van der Waals surface area contributed by atoms with Gasteiger partial charge in [-0.05, 0) is 89.5 Å². The van der Waals surface area contributed by atoms with Crippen molar-refractivity contribution < 1.29 is 50.6 Å². The number of nitrogens with two attached hydrogens (primary N) is 1. The number of halogens is 7. The number of pyridine rings is 2. The summed E-state index contributed by atoms with van der Waals surface area (Å²) in [7, 11) is 0. The third-order valence-electron chi connectivity index (χ3n) is 10.1. The molecule has 0 unspecified atom stereocenters. The maximum Gasteiger partial charge on any atom is 0.357 e. The molecule has 1 amide bonds. The Morgan fingerprint density at radius 2 is 1.17 bits per heavy atom. The van der Waals surface area contributed by atoms with Crippen molar-refractivity contribution in [3.05, 3.63) is 93.7 Å². The predicted molar refractivity (Wildman–Crippen MR) is 232 cm³/mol. The van der Waals surface area contributed by atoms with Crippen LogP contribution in [0.15, 0.2) is 67.6 Å².